The normalized spacial score (nSPS) is 11.6. The van der Waals surface area contributed by atoms with Gasteiger partial charge in [-0.25, -0.2) is 18.7 Å². The lowest BCUT2D eigenvalue weighted by atomic mass is 10.0. The van der Waals surface area contributed by atoms with Gasteiger partial charge in [-0.1, -0.05) is 327 Å². The van der Waals surface area contributed by atoms with Gasteiger partial charge in [-0.3, -0.25) is 18.7 Å². The molecule has 0 saturated heterocycles. The summed E-state index contributed by atoms with van der Waals surface area (Å²) in [5.74, 6) is 12.0. The van der Waals surface area contributed by atoms with Crippen LogP contribution in [0.5, 0.6) is 0 Å². The zero-order chi connectivity index (χ0) is 96.4. The lowest BCUT2D eigenvalue weighted by Gasteiger charge is -2.08. The largest absolute Gasteiger partial charge is 0.252 e. The molecule has 0 aliphatic heterocycles. The molecule has 0 N–H and O–H groups in total. The molecule has 0 amide bonds. The maximum absolute atomic E-state index is 4.20. The second kappa shape index (κ2) is 73.6. The Balaban J connectivity index is 0.000000738. The van der Waals surface area contributed by atoms with E-state index in [0.29, 0.717) is 17.8 Å². The van der Waals surface area contributed by atoms with Crippen LogP contribution in [0.15, 0.2) is 49.6 Å². The van der Waals surface area contributed by atoms with E-state index in [1.54, 1.807) is 0 Å². The number of rotatable bonds is 57. The average Bonchev–Trinajstić information content (AvgIpc) is 1.77. The van der Waals surface area contributed by atoms with Crippen molar-refractivity contribution in [3.8, 4) is 0 Å². The molecule has 8 heterocycles. The fraction of sp³-hybridized carbons (Fsp3) is 0.848. The van der Waals surface area contributed by atoms with Crippen LogP contribution in [0.25, 0.3) is 0 Å². The first-order valence-electron chi connectivity index (χ1n) is 52.2. The monoisotopic (exact) mass is 1800 g/mol. The summed E-state index contributed by atoms with van der Waals surface area (Å²) in [6.45, 7) is 80.1. The third-order valence-electron chi connectivity index (χ3n) is 22.1. The summed E-state index contributed by atoms with van der Waals surface area (Å²) in [4.78, 5) is 0. The minimum absolute atomic E-state index is 0.634. The Labute approximate surface area is 791 Å². The number of unbranched alkanes of at least 4 members (excludes halogenated alkanes) is 4. The molecule has 8 aromatic heterocycles. The Bertz CT molecular complexity index is 3750. The molecule has 0 fully saturated rings. The molecule has 8 rings (SSSR count). The number of hydrogen-bond donors (Lipinski definition) is 0. The SMILES string of the molecule is CC(C)CCCCc1cn(CC(C)C)nn1.CC(C)CCCCn1nncc1CC(C)C.CC(C)CCCCn1nncc1CCC(C)C.CC(C)CCCCn1nncc1CCCC(C)C.CC(C)CCCc1cn(CC(C)C)nn1.CC(C)CCCn1cc(CCC(C)C)nn1.CC(C)CCCn1nncc1CCC(C)C.CC(C)CCc1cn(CCC(C)C)nn1. The van der Waals surface area contributed by atoms with Crippen LogP contribution in [0.1, 0.15) is 428 Å². The van der Waals surface area contributed by atoms with E-state index in [2.05, 4.69) is 348 Å². The van der Waals surface area contributed by atoms with E-state index in [1.165, 1.54) is 183 Å². The molecule has 129 heavy (non-hydrogen) atoms. The predicted molar refractivity (Wildman–Crippen MR) is 543 cm³/mol. The molecular formula is C105H202N24. The zero-order valence-corrected chi connectivity index (χ0v) is 89.6. The highest BCUT2D eigenvalue weighted by Crippen LogP contribution is 2.19. The summed E-state index contributed by atoms with van der Waals surface area (Å²) >= 11 is 0. The number of hydrogen-bond acceptors (Lipinski definition) is 16. The molecular weight excluding hydrogens is 1600 g/mol. The molecule has 0 aliphatic rings. The van der Waals surface area contributed by atoms with Gasteiger partial charge in [-0.05, 0) is 242 Å². The van der Waals surface area contributed by atoms with E-state index in [-0.39, 0.29) is 0 Å². The molecule has 742 valence electrons. The van der Waals surface area contributed by atoms with Crippen molar-refractivity contribution in [3.05, 3.63) is 95.1 Å². The number of aryl methyl sites for hydroxylation is 13. The van der Waals surface area contributed by atoms with Gasteiger partial charge in [0, 0.05) is 77.1 Å². The van der Waals surface area contributed by atoms with Crippen LogP contribution in [0.3, 0.4) is 0 Å². The highest BCUT2D eigenvalue weighted by Gasteiger charge is 2.14. The Morgan fingerprint density at radius 2 is 0.434 bits per heavy atom. The van der Waals surface area contributed by atoms with Crippen molar-refractivity contribution in [1.29, 1.82) is 0 Å². The molecule has 8 aromatic rings. The summed E-state index contributed by atoms with van der Waals surface area (Å²) < 4.78 is 16.2. The fourth-order valence-electron chi connectivity index (χ4n) is 14.1. The van der Waals surface area contributed by atoms with Crippen LogP contribution in [0.4, 0.5) is 0 Å². The molecule has 0 aromatic carbocycles. The summed E-state index contributed by atoms with van der Waals surface area (Å²) in [6, 6.07) is 0. The zero-order valence-electron chi connectivity index (χ0n) is 89.6. The van der Waals surface area contributed by atoms with E-state index in [9.17, 15) is 0 Å². The van der Waals surface area contributed by atoms with E-state index in [0.717, 1.165) is 203 Å². The lowest BCUT2D eigenvalue weighted by Crippen LogP contribution is -2.08. The van der Waals surface area contributed by atoms with Crippen molar-refractivity contribution in [1.82, 2.24) is 120 Å². The third-order valence-corrected chi connectivity index (χ3v) is 22.1. The van der Waals surface area contributed by atoms with Crippen LogP contribution in [-0.2, 0) is 104 Å². The number of nitrogens with zero attached hydrogens (tertiary/aromatic N) is 24. The number of aromatic nitrogens is 24. The van der Waals surface area contributed by atoms with Gasteiger partial charge in [-0.2, -0.15) is 0 Å². The van der Waals surface area contributed by atoms with Crippen LogP contribution < -0.4 is 0 Å². The second-order valence-electron chi connectivity index (χ2n) is 43.9. The van der Waals surface area contributed by atoms with Crippen LogP contribution in [-0.4, -0.2) is 120 Å². The summed E-state index contributed by atoms with van der Waals surface area (Å²) in [5.41, 5.74) is 9.71. The third kappa shape index (κ3) is 68.7. The van der Waals surface area contributed by atoms with E-state index >= 15 is 0 Å². The van der Waals surface area contributed by atoms with Crippen LogP contribution in [0.2, 0.25) is 0 Å². The first-order valence-corrected chi connectivity index (χ1v) is 52.2. The van der Waals surface area contributed by atoms with Crippen molar-refractivity contribution in [2.45, 2.75) is 486 Å². The molecule has 0 unspecified atom stereocenters. The van der Waals surface area contributed by atoms with E-state index in [4.69, 9.17) is 0 Å². The van der Waals surface area contributed by atoms with Gasteiger partial charge in [-0.15, -0.1) is 40.8 Å². The van der Waals surface area contributed by atoms with Gasteiger partial charge >= 0.3 is 0 Å². The Hall–Kier alpha value is -6.88. The highest BCUT2D eigenvalue weighted by molar-refractivity contribution is 4.99. The van der Waals surface area contributed by atoms with Crippen molar-refractivity contribution < 1.29 is 0 Å². The maximum Gasteiger partial charge on any atom is 0.0827 e. The van der Waals surface area contributed by atoms with Gasteiger partial charge in [0.05, 0.1) is 70.3 Å². The Kier molecular flexibility index (Phi) is 68.5. The van der Waals surface area contributed by atoms with E-state index < -0.39 is 0 Å². The topological polar surface area (TPSA) is 246 Å². The fourth-order valence-corrected chi connectivity index (χ4v) is 14.1. The summed E-state index contributed by atoms with van der Waals surface area (Å²) in [5, 5.41) is 66.1. The average molecular weight is 1800 g/mol. The van der Waals surface area contributed by atoms with Crippen LogP contribution in [0, 0.1) is 94.7 Å². The van der Waals surface area contributed by atoms with Gasteiger partial charge < -0.3 is 0 Å². The van der Waals surface area contributed by atoms with Crippen LogP contribution >= 0.6 is 0 Å². The van der Waals surface area contributed by atoms with Crippen molar-refractivity contribution in [2.75, 3.05) is 0 Å². The van der Waals surface area contributed by atoms with Gasteiger partial charge in [0.15, 0.2) is 0 Å². The van der Waals surface area contributed by atoms with E-state index in [1.807, 2.05) is 43.5 Å². The summed E-state index contributed by atoms with van der Waals surface area (Å²) in [6.07, 6.45) is 56.0. The molecule has 24 heteroatoms. The Morgan fingerprint density at radius 3 is 0.775 bits per heavy atom. The smallest absolute Gasteiger partial charge is 0.0827 e. The molecule has 0 bridgehead atoms. The molecule has 0 aliphatic carbocycles. The molecule has 0 atom stereocenters. The van der Waals surface area contributed by atoms with Crippen molar-refractivity contribution in [3.63, 3.8) is 0 Å². The van der Waals surface area contributed by atoms with Crippen molar-refractivity contribution >= 4 is 0 Å². The minimum Gasteiger partial charge on any atom is -0.252 e. The minimum atomic E-state index is 0.634. The Morgan fingerprint density at radius 1 is 0.186 bits per heavy atom. The first-order chi connectivity index (χ1) is 61.2. The predicted octanol–water partition coefficient (Wildman–Crippen LogP) is 26.8. The molecule has 0 saturated carbocycles. The molecule has 0 spiro atoms. The molecule has 24 nitrogen and oxygen atoms in total. The lowest BCUT2D eigenvalue weighted by molar-refractivity contribution is 0.465. The first kappa shape index (κ1) is 120. The standard InChI is InChI=1S/C15H29N3.C14H27N3.4C13H25N3.2C12H23N3/c1-13(2)8-5-6-11-18-15(12-16-17-18)10-7-9-14(3)4;1-12(2)7-5-6-10-17-14(11-15-16-17)9-8-13(3)4;1-11(2)6-5-9-16-10-13(14-15-16)8-7-12(3)4;1-11(2)6-5-9-16-13(10-14-15-16)8-7-12(3)4;1-11(2)7-5-6-8-16-13(9-12(3)4)10-14-15-16;1-11(2)7-5-6-8-13-10-16(15-14-13)9-12(3)4;1-10(2)5-6-12-9-15(14-13-12)8-7-11(3)4;1-10(2)6-5-7-12-9-15(14-13-12)8-11(3)4/h12-14H,5-11H2,1-4H3;11-13H,5-10H2,1-4H3;4*10-12H,5-9H2,1-4H3;2*9-11H,5-8H2,1-4H3. The van der Waals surface area contributed by atoms with Gasteiger partial charge in [0.25, 0.3) is 0 Å². The quantitative estimate of drug-likeness (QED) is 0.0322. The summed E-state index contributed by atoms with van der Waals surface area (Å²) in [7, 11) is 0. The van der Waals surface area contributed by atoms with Crippen molar-refractivity contribution in [2.24, 2.45) is 94.7 Å². The maximum atomic E-state index is 4.20. The van der Waals surface area contributed by atoms with Gasteiger partial charge in [0.1, 0.15) is 0 Å². The second-order valence-corrected chi connectivity index (χ2v) is 43.9. The highest BCUT2D eigenvalue weighted by atomic mass is 15.5. The molecule has 0 radical (unpaired) electrons. The van der Waals surface area contributed by atoms with Gasteiger partial charge in [0.2, 0.25) is 0 Å².